The Morgan fingerprint density at radius 3 is 2.42 bits per heavy atom. The van der Waals surface area contributed by atoms with Gasteiger partial charge in [-0.15, -0.1) is 0 Å². The Kier molecular flexibility index (Phi) is 4.53. The third kappa shape index (κ3) is 3.50. The van der Waals surface area contributed by atoms with Crippen LogP contribution in [0, 0.1) is 22.9 Å². The van der Waals surface area contributed by atoms with Gasteiger partial charge in [0.15, 0.2) is 6.04 Å². The fourth-order valence-electron chi connectivity index (χ4n) is 2.01. The Morgan fingerprint density at radius 1 is 1.33 bits per heavy atom. The number of carbonyl (C=O) groups is 1. The van der Waals surface area contributed by atoms with E-state index in [4.69, 9.17) is 0 Å². The molecule has 1 heterocycles. The summed E-state index contributed by atoms with van der Waals surface area (Å²) >= 11 is 0. The Balaban J connectivity index is 2.36. The van der Waals surface area contributed by atoms with Crippen molar-refractivity contribution in [1.29, 1.82) is 0 Å². The van der Waals surface area contributed by atoms with Gasteiger partial charge in [0, 0.05) is 0 Å². The highest BCUT2D eigenvalue weighted by atomic mass is 19.4. The number of H-pyrrole nitrogens is 1. The van der Waals surface area contributed by atoms with Crippen molar-refractivity contribution in [2.75, 3.05) is 0 Å². The van der Waals surface area contributed by atoms with Crippen LogP contribution in [0.15, 0.2) is 24.3 Å². The Morgan fingerprint density at radius 2 is 1.92 bits per heavy atom. The molecule has 2 rings (SSSR count). The van der Waals surface area contributed by atoms with Crippen LogP contribution >= 0.6 is 0 Å². The number of carbonyl (C=O) groups excluding carboxylic acids is 1. The summed E-state index contributed by atoms with van der Waals surface area (Å²) in [4.78, 5) is 22.0. The smallest absolute Gasteiger partial charge is 0.335 e. The maximum Gasteiger partial charge on any atom is 0.412 e. The lowest BCUT2D eigenvalue weighted by atomic mass is 10.1. The number of hydrogen-bond acceptors (Lipinski definition) is 4. The molecule has 7 nitrogen and oxygen atoms in total. The first kappa shape index (κ1) is 17.4. The maximum atomic E-state index is 13.2. The molecule has 0 aliphatic rings. The van der Waals surface area contributed by atoms with E-state index in [-0.39, 0.29) is 5.69 Å². The number of alkyl halides is 3. The number of halogens is 4. The number of hydrogen-bond donors (Lipinski definition) is 2. The van der Waals surface area contributed by atoms with Crippen molar-refractivity contribution in [3.63, 3.8) is 0 Å². The number of rotatable bonds is 4. The van der Waals surface area contributed by atoms with Gasteiger partial charge in [-0.05, 0) is 24.6 Å². The number of nitrogens with zero attached hydrogens (tertiary/aromatic N) is 2. The molecule has 2 aromatic rings. The van der Waals surface area contributed by atoms with Gasteiger partial charge < -0.3 is 5.32 Å². The summed E-state index contributed by atoms with van der Waals surface area (Å²) < 4.78 is 52.4. The van der Waals surface area contributed by atoms with Gasteiger partial charge in [0.2, 0.25) is 5.69 Å². The molecule has 1 amide bonds. The summed E-state index contributed by atoms with van der Waals surface area (Å²) in [7, 11) is 0. The van der Waals surface area contributed by atoms with Gasteiger partial charge in [0.1, 0.15) is 11.5 Å². The summed E-state index contributed by atoms with van der Waals surface area (Å²) in [5.41, 5.74) is -1.98. The molecular formula is C13H10F4N4O3. The number of nitrogens with one attached hydrogen (secondary N) is 2. The molecule has 0 saturated heterocycles. The van der Waals surface area contributed by atoms with E-state index in [1.165, 1.54) is 6.92 Å². The molecule has 0 aliphatic heterocycles. The number of aromatic nitrogens is 2. The van der Waals surface area contributed by atoms with Crippen LogP contribution in [-0.2, 0) is 0 Å². The largest absolute Gasteiger partial charge is 0.412 e. The van der Waals surface area contributed by atoms with E-state index in [1.54, 1.807) is 5.32 Å². The number of amides is 1. The molecule has 0 bridgehead atoms. The van der Waals surface area contributed by atoms with Crippen LogP contribution in [0.1, 0.15) is 27.8 Å². The van der Waals surface area contributed by atoms with E-state index in [9.17, 15) is 32.5 Å². The second kappa shape index (κ2) is 6.26. The molecule has 24 heavy (non-hydrogen) atoms. The van der Waals surface area contributed by atoms with Gasteiger partial charge in [-0.3, -0.25) is 20.0 Å². The first-order valence-corrected chi connectivity index (χ1v) is 6.43. The van der Waals surface area contributed by atoms with Gasteiger partial charge in [-0.1, -0.05) is 12.1 Å². The summed E-state index contributed by atoms with van der Waals surface area (Å²) in [5.74, 6) is -2.12. The molecule has 11 heteroatoms. The zero-order valence-electron chi connectivity index (χ0n) is 12.0. The van der Waals surface area contributed by atoms with Gasteiger partial charge >= 0.3 is 11.9 Å². The second-order valence-electron chi connectivity index (χ2n) is 4.80. The number of aryl methyl sites for hydroxylation is 1. The van der Waals surface area contributed by atoms with Crippen LogP contribution in [0.2, 0.25) is 0 Å². The van der Waals surface area contributed by atoms with E-state index in [2.05, 4.69) is 10.2 Å². The normalized spacial score (nSPS) is 12.7. The molecule has 0 aliphatic carbocycles. The Bertz CT molecular complexity index is 771. The minimum atomic E-state index is -4.90. The Hall–Kier alpha value is -2.98. The van der Waals surface area contributed by atoms with E-state index in [1.807, 2.05) is 0 Å². The first-order valence-electron chi connectivity index (χ1n) is 6.43. The van der Waals surface area contributed by atoms with Crippen molar-refractivity contribution >= 4 is 11.6 Å². The third-order valence-corrected chi connectivity index (χ3v) is 3.12. The highest BCUT2D eigenvalue weighted by molar-refractivity contribution is 5.96. The molecular weight excluding hydrogens is 336 g/mol. The summed E-state index contributed by atoms with van der Waals surface area (Å²) in [6.07, 6.45) is -4.90. The molecule has 1 atom stereocenters. The van der Waals surface area contributed by atoms with Crippen molar-refractivity contribution < 1.29 is 27.3 Å². The zero-order valence-corrected chi connectivity index (χ0v) is 12.0. The minimum Gasteiger partial charge on any atom is -0.335 e. The highest BCUT2D eigenvalue weighted by Crippen LogP contribution is 2.33. The van der Waals surface area contributed by atoms with Crippen LogP contribution < -0.4 is 5.32 Å². The van der Waals surface area contributed by atoms with Crippen molar-refractivity contribution in [2.45, 2.75) is 19.1 Å². The van der Waals surface area contributed by atoms with E-state index < -0.39 is 45.8 Å². The van der Waals surface area contributed by atoms with Crippen LogP contribution in [0.5, 0.6) is 0 Å². The topological polar surface area (TPSA) is 101 Å². The van der Waals surface area contributed by atoms with Gasteiger partial charge in [-0.2, -0.15) is 18.3 Å². The molecule has 128 valence electrons. The summed E-state index contributed by atoms with van der Waals surface area (Å²) in [5, 5.41) is 18.1. The van der Waals surface area contributed by atoms with Crippen LogP contribution in [-0.4, -0.2) is 27.2 Å². The molecule has 1 aromatic heterocycles. The Labute approximate surface area is 131 Å². The molecule has 0 spiro atoms. The monoisotopic (exact) mass is 346 g/mol. The number of benzene rings is 1. The van der Waals surface area contributed by atoms with E-state index >= 15 is 0 Å². The summed E-state index contributed by atoms with van der Waals surface area (Å²) in [6.45, 7) is 1.25. The second-order valence-corrected chi connectivity index (χ2v) is 4.80. The first-order chi connectivity index (χ1) is 11.1. The molecule has 2 N–H and O–H groups in total. The minimum absolute atomic E-state index is 0.0736. The zero-order chi connectivity index (χ0) is 18.1. The average molecular weight is 346 g/mol. The van der Waals surface area contributed by atoms with Gasteiger partial charge in [0.25, 0.3) is 5.91 Å². The molecule has 1 unspecified atom stereocenters. The van der Waals surface area contributed by atoms with Crippen molar-refractivity contribution in [2.24, 2.45) is 0 Å². The number of aromatic amines is 1. The van der Waals surface area contributed by atoms with Crippen LogP contribution in [0.25, 0.3) is 0 Å². The standard InChI is InChI=1S/C13H10F4N4O3/c1-6-10(21(23)24)9(20-19-6)12(22)18-11(13(15,16)17)7-2-4-8(14)5-3-7/h2-5,11H,1H3,(H,18,22)(H,19,20). The molecule has 0 radical (unpaired) electrons. The quantitative estimate of drug-likeness (QED) is 0.505. The number of nitro groups is 1. The summed E-state index contributed by atoms with van der Waals surface area (Å²) in [6, 6.07) is 0.862. The lowest BCUT2D eigenvalue weighted by Gasteiger charge is -2.21. The van der Waals surface area contributed by atoms with Crippen molar-refractivity contribution in [3.8, 4) is 0 Å². The molecule has 1 aromatic carbocycles. The fourth-order valence-corrected chi connectivity index (χ4v) is 2.01. The lowest BCUT2D eigenvalue weighted by Crippen LogP contribution is -2.38. The highest BCUT2D eigenvalue weighted by Gasteiger charge is 2.43. The predicted molar refractivity (Wildman–Crippen MR) is 72.6 cm³/mol. The van der Waals surface area contributed by atoms with E-state index in [0.29, 0.717) is 0 Å². The van der Waals surface area contributed by atoms with E-state index in [0.717, 1.165) is 24.3 Å². The average Bonchev–Trinajstić information content (AvgIpc) is 2.86. The molecule has 0 fully saturated rings. The van der Waals surface area contributed by atoms with Crippen LogP contribution in [0.4, 0.5) is 23.2 Å². The van der Waals surface area contributed by atoms with Gasteiger partial charge in [-0.25, -0.2) is 4.39 Å². The molecule has 0 saturated carbocycles. The van der Waals surface area contributed by atoms with Crippen LogP contribution in [0.3, 0.4) is 0 Å². The maximum absolute atomic E-state index is 13.2. The van der Waals surface area contributed by atoms with Crippen molar-refractivity contribution in [1.82, 2.24) is 15.5 Å². The van der Waals surface area contributed by atoms with Crippen molar-refractivity contribution in [3.05, 3.63) is 57.1 Å². The third-order valence-electron chi connectivity index (χ3n) is 3.12. The lowest BCUT2D eigenvalue weighted by molar-refractivity contribution is -0.385. The van der Waals surface area contributed by atoms with Gasteiger partial charge in [0.05, 0.1) is 4.92 Å². The SMILES string of the molecule is Cc1[nH]nc(C(=O)NC(c2ccc(F)cc2)C(F)(F)F)c1[N+](=O)[O-]. The fraction of sp³-hybridized carbons (Fsp3) is 0.231. The predicted octanol–water partition coefficient (Wildman–Crippen LogP) is 2.80.